The van der Waals surface area contributed by atoms with Crippen molar-refractivity contribution in [3.8, 4) is 0 Å². The summed E-state index contributed by atoms with van der Waals surface area (Å²) in [5.74, 6) is 0.302. The minimum atomic E-state index is -3.01. The molecule has 1 heterocycles. The lowest BCUT2D eigenvalue weighted by Crippen LogP contribution is -2.37. The van der Waals surface area contributed by atoms with Gasteiger partial charge < -0.3 is 5.73 Å². The van der Waals surface area contributed by atoms with Crippen molar-refractivity contribution < 1.29 is 8.42 Å². The van der Waals surface area contributed by atoms with E-state index in [2.05, 4.69) is 12.1 Å². The number of aryl methyl sites for hydroxylation is 2. The third-order valence-electron chi connectivity index (χ3n) is 4.54. The summed E-state index contributed by atoms with van der Waals surface area (Å²) in [6.07, 6.45) is 5.93. The van der Waals surface area contributed by atoms with Crippen LogP contribution in [0.15, 0.2) is 18.2 Å². The highest BCUT2D eigenvalue weighted by atomic mass is 32.2. The van der Waals surface area contributed by atoms with Gasteiger partial charge in [-0.25, -0.2) is 8.42 Å². The number of hydrogen-bond acceptors (Lipinski definition) is 3. The van der Waals surface area contributed by atoms with Gasteiger partial charge in [-0.3, -0.25) is 0 Å². The molecule has 1 aliphatic heterocycles. The normalized spacial score (nSPS) is 26.9. The van der Waals surface area contributed by atoms with Crippen LogP contribution >= 0.6 is 0 Å². The van der Waals surface area contributed by atoms with E-state index in [9.17, 15) is 8.42 Å². The Morgan fingerprint density at radius 1 is 1.11 bits per heavy atom. The van der Waals surface area contributed by atoms with Gasteiger partial charge >= 0.3 is 0 Å². The molecule has 1 aromatic rings. The van der Waals surface area contributed by atoms with Crippen LogP contribution < -0.4 is 5.73 Å². The SMILES string of the molecule is NC(c1ccc2c(c1)CCC2)C1CCCCS1(=O)=O. The molecule has 2 N–H and O–H groups in total. The van der Waals surface area contributed by atoms with E-state index in [0.29, 0.717) is 12.2 Å². The molecule has 1 aromatic carbocycles. The molecular formula is C15H21NO2S. The Labute approximate surface area is 115 Å². The molecule has 3 rings (SSSR count). The zero-order valence-corrected chi connectivity index (χ0v) is 12.0. The largest absolute Gasteiger partial charge is 0.323 e. The van der Waals surface area contributed by atoms with Gasteiger partial charge in [-0.15, -0.1) is 0 Å². The molecule has 104 valence electrons. The Bertz CT molecular complexity index is 580. The number of hydrogen-bond donors (Lipinski definition) is 1. The van der Waals surface area contributed by atoms with Gasteiger partial charge in [0.15, 0.2) is 9.84 Å². The number of fused-ring (bicyclic) bond motifs is 1. The molecule has 2 atom stereocenters. The Morgan fingerprint density at radius 2 is 1.89 bits per heavy atom. The van der Waals surface area contributed by atoms with E-state index in [-0.39, 0.29) is 11.3 Å². The fourth-order valence-electron chi connectivity index (χ4n) is 3.40. The van der Waals surface area contributed by atoms with Gasteiger partial charge in [0.2, 0.25) is 0 Å². The highest BCUT2D eigenvalue weighted by Crippen LogP contribution is 2.31. The average molecular weight is 279 g/mol. The van der Waals surface area contributed by atoms with E-state index < -0.39 is 9.84 Å². The highest BCUT2D eigenvalue weighted by Gasteiger charge is 2.34. The minimum Gasteiger partial charge on any atom is -0.323 e. The first-order valence-electron chi connectivity index (χ1n) is 7.17. The molecule has 0 radical (unpaired) electrons. The van der Waals surface area contributed by atoms with Crippen molar-refractivity contribution >= 4 is 9.84 Å². The van der Waals surface area contributed by atoms with Crippen LogP contribution in [0.5, 0.6) is 0 Å². The quantitative estimate of drug-likeness (QED) is 0.902. The van der Waals surface area contributed by atoms with Crippen LogP contribution in [0.1, 0.15) is 48.4 Å². The predicted molar refractivity (Wildman–Crippen MR) is 76.8 cm³/mol. The summed E-state index contributed by atoms with van der Waals surface area (Å²) in [5, 5.41) is -0.388. The number of rotatable bonds is 2. The van der Waals surface area contributed by atoms with E-state index in [0.717, 1.165) is 31.2 Å². The van der Waals surface area contributed by atoms with Crippen LogP contribution in [0.25, 0.3) is 0 Å². The molecule has 19 heavy (non-hydrogen) atoms. The molecule has 4 heteroatoms. The van der Waals surface area contributed by atoms with Crippen LogP contribution in [-0.2, 0) is 22.7 Å². The Balaban J connectivity index is 1.89. The highest BCUT2D eigenvalue weighted by molar-refractivity contribution is 7.92. The lowest BCUT2D eigenvalue weighted by atomic mass is 9.97. The van der Waals surface area contributed by atoms with Gasteiger partial charge in [0.25, 0.3) is 0 Å². The lowest BCUT2D eigenvalue weighted by molar-refractivity contribution is 0.504. The molecule has 2 unspecified atom stereocenters. The summed E-state index contributed by atoms with van der Waals surface area (Å²) in [6, 6.07) is 5.93. The molecule has 0 aromatic heterocycles. The van der Waals surface area contributed by atoms with Crippen molar-refractivity contribution in [3.05, 3.63) is 34.9 Å². The zero-order valence-electron chi connectivity index (χ0n) is 11.1. The van der Waals surface area contributed by atoms with Crippen LogP contribution in [0, 0.1) is 0 Å². The predicted octanol–water partition coefficient (Wildman–Crippen LogP) is 2.14. The maximum Gasteiger partial charge on any atom is 0.155 e. The molecule has 1 saturated heterocycles. The van der Waals surface area contributed by atoms with Crippen LogP contribution in [0.3, 0.4) is 0 Å². The molecular weight excluding hydrogens is 258 g/mol. The van der Waals surface area contributed by atoms with Crippen LogP contribution in [0.2, 0.25) is 0 Å². The van der Waals surface area contributed by atoms with Gasteiger partial charge in [0.05, 0.1) is 11.0 Å². The Hall–Kier alpha value is -0.870. The van der Waals surface area contributed by atoms with E-state index >= 15 is 0 Å². The molecule has 0 saturated carbocycles. The standard InChI is InChI=1S/C15H21NO2S/c16-15(14-6-1-2-9-19(14,17)18)13-8-7-11-4-3-5-12(11)10-13/h7-8,10,14-15H,1-6,9,16H2. The van der Waals surface area contributed by atoms with E-state index in [4.69, 9.17) is 5.73 Å². The molecule has 1 fully saturated rings. The number of sulfone groups is 1. The maximum absolute atomic E-state index is 12.2. The van der Waals surface area contributed by atoms with Crippen molar-refractivity contribution in [1.29, 1.82) is 0 Å². The van der Waals surface area contributed by atoms with Crippen LogP contribution in [-0.4, -0.2) is 19.4 Å². The first-order valence-corrected chi connectivity index (χ1v) is 8.88. The van der Waals surface area contributed by atoms with Crippen LogP contribution in [0.4, 0.5) is 0 Å². The lowest BCUT2D eigenvalue weighted by Gasteiger charge is -2.28. The number of benzene rings is 1. The topological polar surface area (TPSA) is 60.2 Å². The van der Waals surface area contributed by atoms with Gasteiger partial charge in [-0.05, 0) is 48.8 Å². The monoisotopic (exact) mass is 279 g/mol. The van der Waals surface area contributed by atoms with Crippen molar-refractivity contribution in [3.63, 3.8) is 0 Å². The smallest absolute Gasteiger partial charge is 0.155 e. The molecule has 0 spiro atoms. The third-order valence-corrected chi connectivity index (χ3v) is 6.85. The first kappa shape index (κ1) is 13.1. The second-order valence-corrected chi connectivity index (χ2v) is 8.15. The average Bonchev–Trinajstić information content (AvgIpc) is 2.84. The zero-order chi connectivity index (χ0) is 13.5. The fraction of sp³-hybridized carbons (Fsp3) is 0.600. The second-order valence-electron chi connectivity index (χ2n) is 5.81. The first-order chi connectivity index (χ1) is 9.08. The van der Waals surface area contributed by atoms with Gasteiger partial charge in [-0.1, -0.05) is 24.6 Å². The summed E-state index contributed by atoms with van der Waals surface area (Å²) in [4.78, 5) is 0. The van der Waals surface area contributed by atoms with Crippen molar-refractivity contribution in [2.45, 2.75) is 49.8 Å². The van der Waals surface area contributed by atoms with Crippen molar-refractivity contribution in [2.75, 3.05) is 5.75 Å². The van der Waals surface area contributed by atoms with Gasteiger partial charge in [0.1, 0.15) is 0 Å². The summed E-state index contributed by atoms with van der Waals surface area (Å²) in [5.41, 5.74) is 10.0. The summed E-state index contributed by atoms with van der Waals surface area (Å²) in [6.45, 7) is 0. The van der Waals surface area contributed by atoms with E-state index in [1.165, 1.54) is 17.5 Å². The van der Waals surface area contributed by atoms with E-state index in [1.54, 1.807) is 0 Å². The van der Waals surface area contributed by atoms with Crippen molar-refractivity contribution in [1.82, 2.24) is 0 Å². The van der Waals surface area contributed by atoms with Gasteiger partial charge in [0, 0.05) is 6.04 Å². The molecule has 2 aliphatic rings. The third kappa shape index (κ3) is 2.43. The van der Waals surface area contributed by atoms with Crippen molar-refractivity contribution in [2.24, 2.45) is 5.73 Å². The fourth-order valence-corrected chi connectivity index (χ4v) is 5.44. The summed E-state index contributed by atoms with van der Waals surface area (Å²) in [7, 11) is -3.01. The maximum atomic E-state index is 12.2. The number of nitrogens with two attached hydrogens (primary N) is 1. The second kappa shape index (κ2) is 4.91. The minimum absolute atomic E-state index is 0.302. The molecule has 1 aliphatic carbocycles. The molecule has 0 bridgehead atoms. The molecule has 3 nitrogen and oxygen atoms in total. The summed E-state index contributed by atoms with van der Waals surface area (Å²) < 4.78 is 24.3. The summed E-state index contributed by atoms with van der Waals surface area (Å²) >= 11 is 0. The Morgan fingerprint density at radius 3 is 2.68 bits per heavy atom. The van der Waals surface area contributed by atoms with Gasteiger partial charge in [-0.2, -0.15) is 0 Å². The van der Waals surface area contributed by atoms with E-state index in [1.807, 2.05) is 6.07 Å². The Kier molecular flexibility index (Phi) is 3.39. The molecule has 0 amide bonds.